The minimum atomic E-state index is -3.62. The minimum Gasteiger partial charge on any atom is -0.352 e. The summed E-state index contributed by atoms with van der Waals surface area (Å²) in [6, 6.07) is 8.25. The Kier molecular flexibility index (Phi) is 6.85. The lowest BCUT2D eigenvalue weighted by molar-refractivity contribution is -0.125. The number of hydrogen-bond acceptors (Lipinski definition) is 4. The maximum absolute atomic E-state index is 12.8. The number of sulfonamides is 1. The lowest BCUT2D eigenvalue weighted by Crippen LogP contribution is -2.52. The number of halogens is 1. The third kappa shape index (κ3) is 4.53. The molecule has 0 radical (unpaired) electrons. The van der Waals surface area contributed by atoms with E-state index in [1.165, 1.54) is 4.31 Å². The minimum absolute atomic E-state index is 0. The Hall–Kier alpha value is -1.15. The van der Waals surface area contributed by atoms with Crippen LogP contribution in [0.5, 0.6) is 0 Å². The van der Waals surface area contributed by atoms with Crippen molar-refractivity contribution in [2.75, 3.05) is 13.1 Å². The van der Waals surface area contributed by atoms with Gasteiger partial charge in [0.25, 0.3) is 0 Å². The Morgan fingerprint density at radius 3 is 2.64 bits per heavy atom. The van der Waals surface area contributed by atoms with E-state index in [1.807, 2.05) is 0 Å². The summed E-state index contributed by atoms with van der Waals surface area (Å²) in [5.74, 6) is -0.161. The summed E-state index contributed by atoms with van der Waals surface area (Å²) < 4.78 is 27.0. The van der Waals surface area contributed by atoms with Crippen molar-refractivity contribution in [3.05, 3.63) is 30.3 Å². The monoisotopic (exact) mass is 387 g/mol. The fraction of sp³-hybridized carbons (Fsp3) is 0.588. The van der Waals surface area contributed by atoms with Crippen LogP contribution in [0.25, 0.3) is 0 Å². The largest absolute Gasteiger partial charge is 0.352 e. The number of carbonyl (C=O) groups is 1. The molecule has 0 saturated carbocycles. The number of nitrogens with one attached hydrogen (secondary N) is 2. The zero-order chi connectivity index (χ0) is 17.2. The molecule has 25 heavy (non-hydrogen) atoms. The SMILES string of the molecule is CC1CC(NC(=O)C2CCCN2S(=O)(=O)c2ccccc2)CCN1.Cl. The van der Waals surface area contributed by atoms with E-state index in [0.717, 1.165) is 19.4 Å². The van der Waals surface area contributed by atoms with Crippen LogP contribution in [0.1, 0.15) is 32.6 Å². The van der Waals surface area contributed by atoms with Crippen molar-refractivity contribution in [3.63, 3.8) is 0 Å². The van der Waals surface area contributed by atoms with Gasteiger partial charge in [0.2, 0.25) is 15.9 Å². The van der Waals surface area contributed by atoms with Crippen LogP contribution in [-0.2, 0) is 14.8 Å². The van der Waals surface area contributed by atoms with Gasteiger partial charge in [-0.3, -0.25) is 4.79 Å². The fourth-order valence-electron chi connectivity index (χ4n) is 3.58. The van der Waals surface area contributed by atoms with Gasteiger partial charge < -0.3 is 10.6 Å². The highest BCUT2D eigenvalue weighted by Gasteiger charge is 2.40. The van der Waals surface area contributed by atoms with Crippen molar-refractivity contribution >= 4 is 28.3 Å². The van der Waals surface area contributed by atoms with Crippen molar-refractivity contribution < 1.29 is 13.2 Å². The number of carbonyl (C=O) groups excluding carboxylic acids is 1. The normalized spacial score (nSPS) is 27.5. The number of rotatable bonds is 4. The number of hydrogen-bond donors (Lipinski definition) is 2. The van der Waals surface area contributed by atoms with E-state index in [4.69, 9.17) is 0 Å². The van der Waals surface area contributed by atoms with Crippen LogP contribution in [0.3, 0.4) is 0 Å². The van der Waals surface area contributed by atoms with Crippen LogP contribution >= 0.6 is 12.4 Å². The molecule has 6 nitrogen and oxygen atoms in total. The van der Waals surface area contributed by atoms with E-state index < -0.39 is 16.1 Å². The molecule has 0 aliphatic carbocycles. The highest BCUT2D eigenvalue weighted by Crippen LogP contribution is 2.26. The second kappa shape index (κ2) is 8.49. The highest BCUT2D eigenvalue weighted by molar-refractivity contribution is 7.89. The Morgan fingerprint density at radius 2 is 1.96 bits per heavy atom. The van der Waals surface area contributed by atoms with Gasteiger partial charge in [-0.05, 0) is 51.3 Å². The molecule has 140 valence electrons. The Balaban J connectivity index is 0.00000225. The van der Waals surface area contributed by atoms with Gasteiger partial charge in [0.15, 0.2) is 0 Å². The number of nitrogens with zero attached hydrogens (tertiary/aromatic N) is 1. The van der Waals surface area contributed by atoms with Crippen LogP contribution in [0, 0.1) is 0 Å². The molecule has 0 bridgehead atoms. The summed E-state index contributed by atoms with van der Waals surface area (Å²) in [6.07, 6.45) is 3.06. The molecule has 0 spiro atoms. The van der Waals surface area contributed by atoms with Gasteiger partial charge in [-0.2, -0.15) is 4.31 Å². The van der Waals surface area contributed by atoms with E-state index in [-0.39, 0.29) is 29.3 Å². The topological polar surface area (TPSA) is 78.5 Å². The molecule has 2 aliphatic rings. The van der Waals surface area contributed by atoms with E-state index in [0.29, 0.717) is 25.4 Å². The average molecular weight is 388 g/mol. The quantitative estimate of drug-likeness (QED) is 0.821. The van der Waals surface area contributed by atoms with E-state index >= 15 is 0 Å². The van der Waals surface area contributed by atoms with Crippen LogP contribution < -0.4 is 10.6 Å². The molecule has 2 saturated heterocycles. The maximum Gasteiger partial charge on any atom is 0.243 e. The van der Waals surface area contributed by atoms with Crippen LogP contribution in [-0.4, -0.2) is 49.8 Å². The Labute approximate surface area is 155 Å². The molecule has 2 fully saturated rings. The molecule has 2 heterocycles. The first kappa shape index (κ1) is 20.2. The van der Waals surface area contributed by atoms with Crippen LogP contribution in [0.15, 0.2) is 35.2 Å². The summed E-state index contributed by atoms with van der Waals surface area (Å²) in [6.45, 7) is 3.38. The van der Waals surface area contributed by atoms with E-state index in [9.17, 15) is 13.2 Å². The van der Waals surface area contributed by atoms with Gasteiger partial charge in [-0.15, -0.1) is 12.4 Å². The summed E-state index contributed by atoms with van der Waals surface area (Å²) >= 11 is 0. The lowest BCUT2D eigenvalue weighted by Gasteiger charge is -2.31. The fourth-order valence-corrected chi connectivity index (χ4v) is 5.26. The van der Waals surface area contributed by atoms with Crippen LogP contribution in [0.2, 0.25) is 0 Å². The molecular formula is C17H26ClN3O3S. The van der Waals surface area contributed by atoms with Gasteiger partial charge in [0.1, 0.15) is 6.04 Å². The van der Waals surface area contributed by atoms with Gasteiger partial charge in [-0.1, -0.05) is 18.2 Å². The predicted octanol–water partition coefficient (Wildman–Crippen LogP) is 1.52. The predicted molar refractivity (Wildman–Crippen MR) is 99.2 cm³/mol. The summed E-state index contributed by atoms with van der Waals surface area (Å²) in [5.41, 5.74) is 0. The molecule has 0 aromatic heterocycles. The molecule has 1 aromatic rings. The number of piperidine rings is 1. The zero-order valence-electron chi connectivity index (χ0n) is 14.3. The van der Waals surface area contributed by atoms with Crippen molar-refractivity contribution in [1.29, 1.82) is 0 Å². The number of benzene rings is 1. The zero-order valence-corrected chi connectivity index (χ0v) is 16.0. The molecule has 3 atom stereocenters. The van der Waals surface area contributed by atoms with Crippen LogP contribution in [0.4, 0.5) is 0 Å². The third-order valence-corrected chi connectivity index (χ3v) is 6.75. The van der Waals surface area contributed by atoms with E-state index in [1.54, 1.807) is 30.3 Å². The molecule has 1 amide bonds. The molecule has 3 unspecified atom stereocenters. The van der Waals surface area contributed by atoms with Gasteiger partial charge in [0, 0.05) is 18.6 Å². The lowest BCUT2D eigenvalue weighted by atomic mass is 10.0. The third-order valence-electron chi connectivity index (χ3n) is 4.83. The maximum atomic E-state index is 12.8. The van der Waals surface area contributed by atoms with E-state index in [2.05, 4.69) is 17.6 Å². The first-order valence-corrected chi connectivity index (χ1v) is 10.0. The first-order chi connectivity index (χ1) is 11.5. The first-order valence-electron chi connectivity index (χ1n) is 8.59. The molecular weight excluding hydrogens is 362 g/mol. The smallest absolute Gasteiger partial charge is 0.243 e. The highest BCUT2D eigenvalue weighted by atomic mass is 35.5. The van der Waals surface area contributed by atoms with Gasteiger partial charge in [-0.25, -0.2) is 8.42 Å². The summed E-state index contributed by atoms with van der Waals surface area (Å²) in [4.78, 5) is 12.9. The van der Waals surface area contributed by atoms with Gasteiger partial charge in [0.05, 0.1) is 4.90 Å². The molecule has 2 aliphatic heterocycles. The second-order valence-corrected chi connectivity index (χ2v) is 8.56. The van der Waals surface area contributed by atoms with Crippen molar-refractivity contribution in [2.45, 2.75) is 55.6 Å². The molecule has 2 N–H and O–H groups in total. The summed E-state index contributed by atoms with van der Waals surface area (Å²) in [7, 11) is -3.62. The molecule has 3 rings (SSSR count). The second-order valence-electron chi connectivity index (χ2n) is 6.67. The summed E-state index contributed by atoms with van der Waals surface area (Å²) in [5, 5.41) is 6.41. The Bertz CT molecular complexity index is 684. The van der Waals surface area contributed by atoms with Gasteiger partial charge >= 0.3 is 0 Å². The molecule has 1 aromatic carbocycles. The van der Waals surface area contributed by atoms with Crippen molar-refractivity contribution in [3.8, 4) is 0 Å². The van der Waals surface area contributed by atoms with Crippen molar-refractivity contribution in [2.24, 2.45) is 0 Å². The average Bonchev–Trinajstić information content (AvgIpc) is 3.06. The Morgan fingerprint density at radius 1 is 1.24 bits per heavy atom. The van der Waals surface area contributed by atoms with Crippen molar-refractivity contribution in [1.82, 2.24) is 14.9 Å². The number of amides is 1. The molecule has 8 heteroatoms. The standard InChI is InChI=1S/C17H25N3O3S.ClH/c1-13-12-14(9-10-18-13)19-17(21)16-8-5-11-20(16)24(22,23)15-6-3-2-4-7-15;/h2-4,6-7,13-14,16,18H,5,8-12H2,1H3,(H,19,21);1H.